The van der Waals surface area contributed by atoms with E-state index in [0.29, 0.717) is 5.02 Å². The zero-order valence-electron chi connectivity index (χ0n) is 10.8. The minimum atomic E-state index is -0.126. The second-order valence-electron chi connectivity index (χ2n) is 5.27. The van der Waals surface area contributed by atoms with Crippen molar-refractivity contribution in [1.82, 2.24) is 0 Å². The van der Waals surface area contributed by atoms with Crippen molar-refractivity contribution in [2.45, 2.75) is 19.0 Å². The molecule has 0 bridgehead atoms. The van der Waals surface area contributed by atoms with Gasteiger partial charge >= 0.3 is 0 Å². The number of carbonyl (C=O) groups is 1. The molecule has 0 saturated heterocycles. The summed E-state index contributed by atoms with van der Waals surface area (Å²) in [5.41, 5.74) is 4.41. The van der Waals surface area contributed by atoms with Crippen LogP contribution in [0.3, 0.4) is 0 Å². The lowest BCUT2D eigenvalue weighted by atomic mass is 9.91. The molecule has 1 atom stereocenters. The molecule has 1 unspecified atom stereocenters. The molecular formula is C16H13ClN2O. The Hall–Kier alpha value is -2.00. The van der Waals surface area contributed by atoms with E-state index in [1.807, 2.05) is 30.3 Å². The van der Waals surface area contributed by atoms with E-state index in [4.69, 9.17) is 11.6 Å². The fourth-order valence-electron chi connectivity index (χ4n) is 3.09. The second kappa shape index (κ2) is 4.25. The van der Waals surface area contributed by atoms with E-state index >= 15 is 0 Å². The highest BCUT2D eigenvalue weighted by molar-refractivity contribution is 6.31. The summed E-state index contributed by atoms with van der Waals surface area (Å²) in [7, 11) is 0. The molecular weight excluding hydrogens is 272 g/mol. The molecule has 100 valence electrons. The SMILES string of the molecule is O=C1Nc2cc(Cl)ccc2N2Cc3ccccc3CC12. The van der Waals surface area contributed by atoms with Crippen LogP contribution in [0.5, 0.6) is 0 Å². The zero-order valence-corrected chi connectivity index (χ0v) is 11.5. The molecule has 2 aromatic carbocycles. The second-order valence-corrected chi connectivity index (χ2v) is 5.70. The van der Waals surface area contributed by atoms with Gasteiger partial charge in [0, 0.05) is 18.0 Å². The largest absolute Gasteiger partial charge is 0.353 e. The van der Waals surface area contributed by atoms with E-state index in [2.05, 4.69) is 22.3 Å². The Bertz CT molecular complexity index is 713. The van der Waals surface area contributed by atoms with Crippen LogP contribution in [-0.4, -0.2) is 11.9 Å². The van der Waals surface area contributed by atoms with Gasteiger partial charge in [-0.3, -0.25) is 4.79 Å². The van der Waals surface area contributed by atoms with Crippen molar-refractivity contribution in [2.24, 2.45) is 0 Å². The zero-order chi connectivity index (χ0) is 13.7. The third-order valence-electron chi connectivity index (χ3n) is 4.08. The van der Waals surface area contributed by atoms with Crippen molar-refractivity contribution in [1.29, 1.82) is 0 Å². The lowest BCUT2D eigenvalue weighted by Gasteiger charge is -2.41. The Labute approximate surface area is 122 Å². The molecule has 4 heteroatoms. The van der Waals surface area contributed by atoms with E-state index in [0.717, 1.165) is 24.3 Å². The van der Waals surface area contributed by atoms with Crippen LogP contribution in [0.2, 0.25) is 5.02 Å². The normalized spacial score (nSPS) is 19.8. The number of anilines is 2. The lowest BCUT2D eigenvalue weighted by molar-refractivity contribution is -0.117. The molecule has 0 radical (unpaired) electrons. The van der Waals surface area contributed by atoms with Gasteiger partial charge in [-0.15, -0.1) is 0 Å². The number of hydrogen-bond acceptors (Lipinski definition) is 2. The average molecular weight is 285 g/mol. The quantitative estimate of drug-likeness (QED) is 0.805. The van der Waals surface area contributed by atoms with E-state index < -0.39 is 0 Å². The molecule has 2 aliphatic heterocycles. The first-order valence-electron chi connectivity index (χ1n) is 6.66. The Morgan fingerprint density at radius 2 is 1.95 bits per heavy atom. The summed E-state index contributed by atoms with van der Waals surface area (Å²) in [5.74, 6) is 0.0502. The van der Waals surface area contributed by atoms with Crippen molar-refractivity contribution < 1.29 is 4.79 Å². The number of benzene rings is 2. The fraction of sp³-hybridized carbons (Fsp3) is 0.188. The predicted molar refractivity (Wildman–Crippen MR) is 80.2 cm³/mol. The molecule has 0 spiro atoms. The number of hydrogen-bond donors (Lipinski definition) is 1. The summed E-state index contributed by atoms with van der Waals surface area (Å²) in [6.07, 6.45) is 0.754. The molecule has 0 aromatic heterocycles. The Morgan fingerprint density at radius 3 is 2.80 bits per heavy atom. The molecule has 3 nitrogen and oxygen atoms in total. The number of nitrogens with zero attached hydrogens (tertiary/aromatic N) is 1. The number of nitrogens with one attached hydrogen (secondary N) is 1. The fourth-order valence-corrected chi connectivity index (χ4v) is 3.26. The van der Waals surface area contributed by atoms with Gasteiger partial charge in [0.05, 0.1) is 11.4 Å². The van der Waals surface area contributed by atoms with Gasteiger partial charge in [-0.05, 0) is 29.3 Å². The monoisotopic (exact) mass is 284 g/mol. The van der Waals surface area contributed by atoms with E-state index in [-0.39, 0.29) is 11.9 Å². The Balaban J connectivity index is 1.83. The first-order chi connectivity index (χ1) is 9.72. The van der Waals surface area contributed by atoms with Gasteiger partial charge < -0.3 is 10.2 Å². The standard InChI is InChI=1S/C16H13ClN2O/c17-12-5-6-14-13(8-12)18-16(20)15-7-10-3-1-2-4-11(10)9-19(14)15/h1-6,8,15H,7,9H2,(H,18,20). The summed E-state index contributed by atoms with van der Waals surface area (Å²) < 4.78 is 0. The molecule has 1 amide bonds. The molecule has 0 saturated carbocycles. The van der Waals surface area contributed by atoms with Gasteiger partial charge in [0.2, 0.25) is 5.91 Å². The number of fused-ring (bicyclic) bond motifs is 4. The first-order valence-corrected chi connectivity index (χ1v) is 7.04. The van der Waals surface area contributed by atoms with E-state index in [1.54, 1.807) is 0 Å². The highest BCUT2D eigenvalue weighted by Crippen LogP contribution is 2.38. The van der Waals surface area contributed by atoms with Crippen LogP contribution in [-0.2, 0) is 17.8 Å². The maximum absolute atomic E-state index is 12.3. The maximum atomic E-state index is 12.3. The smallest absolute Gasteiger partial charge is 0.247 e. The van der Waals surface area contributed by atoms with Crippen molar-refractivity contribution in [3.05, 3.63) is 58.6 Å². The molecule has 2 heterocycles. The highest BCUT2D eigenvalue weighted by Gasteiger charge is 2.36. The van der Waals surface area contributed by atoms with Crippen LogP contribution in [0.15, 0.2) is 42.5 Å². The van der Waals surface area contributed by atoms with Crippen molar-refractivity contribution in [3.8, 4) is 0 Å². The third kappa shape index (κ3) is 1.70. The summed E-state index contributed by atoms with van der Waals surface area (Å²) in [5, 5.41) is 3.60. The summed E-state index contributed by atoms with van der Waals surface area (Å²) in [6, 6.07) is 13.9. The van der Waals surface area contributed by atoms with Gasteiger partial charge in [0.1, 0.15) is 6.04 Å². The molecule has 1 N–H and O–H groups in total. The molecule has 4 rings (SSSR count). The third-order valence-corrected chi connectivity index (χ3v) is 4.31. The minimum Gasteiger partial charge on any atom is -0.353 e. The number of halogens is 1. The average Bonchev–Trinajstić information content (AvgIpc) is 2.45. The van der Waals surface area contributed by atoms with Crippen molar-refractivity contribution >= 4 is 28.9 Å². The van der Waals surface area contributed by atoms with Gasteiger partial charge in [-0.1, -0.05) is 35.9 Å². The van der Waals surface area contributed by atoms with Crippen molar-refractivity contribution in [2.75, 3.05) is 10.2 Å². The van der Waals surface area contributed by atoms with E-state index in [9.17, 15) is 4.79 Å². The molecule has 0 fully saturated rings. The first kappa shape index (κ1) is 11.8. The number of amides is 1. The van der Waals surface area contributed by atoms with Gasteiger partial charge in [0.25, 0.3) is 0 Å². The molecule has 20 heavy (non-hydrogen) atoms. The van der Waals surface area contributed by atoms with Crippen molar-refractivity contribution in [3.63, 3.8) is 0 Å². The number of rotatable bonds is 0. The molecule has 2 aromatic rings. The summed E-state index contributed by atoms with van der Waals surface area (Å²) in [6.45, 7) is 0.767. The Morgan fingerprint density at radius 1 is 1.15 bits per heavy atom. The van der Waals surface area contributed by atoms with Crippen LogP contribution < -0.4 is 10.2 Å². The van der Waals surface area contributed by atoms with Gasteiger partial charge in [-0.25, -0.2) is 0 Å². The van der Waals surface area contributed by atoms with Crippen LogP contribution in [0.25, 0.3) is 0 Å². The van der Waals surface area contributed by atoms with Crippen LogP contribution in [0.1, 0.15) is 11.1 Å². The predicted octanol–water partition coefficient (Wildman–Crippen LogP) is 3.22. The van der Waals surface area contributed by atoms with Gasteiger partial charge in [0.15, 0.2) is 0 Å². The van der Waals surface area contributed by atoms with Crippen LogP contribution >= 0.6 is 11.6 Å². The molecule has 0 aliphatic carbocycles. The van der Waals surface area contributed by atoms with Gasteiger partial charge in [-0.2, -0.15) is 0 Å². The van der Waals surface area contributed by atoms with Crippen LogP contribution in [0.4, 0.5) is 11.4 Å². The van der Waals surface area contributed by atoms with Crippen LogP contribution in [0, 0.1) is 0 Å². The lowest BCUT2D eigenvalue weighted by Crippen LogP contribution is -2.51. The number of carbonyl (C=O) groups excluding carboxylic acids is 1. The summed E-state index contributed by atoms with van der Waals surface area (Å²) in [4.78, 5) is 14.5. The summed E-state index contributed by atoms with van der Waals surface area (Å²) >= 11 is 6.01. The maximum Gasteiger partial charge on any atom is 0.247 e. The van der Waals surface area contributed by atoms with E-state index in [1.165, 1.54) is 11.1 Å². The Kier molecular flexibility index (Phi) is 2.51. The molecule has 2 aliphatic rings. The minimum absolute atomic E-state index is 0.0502. The highest BCUT2D eigenvalue weighted by atomic mass is 35.5. The topological polar surface area (TPSA) is 32.3 Å².